The smallest absolute Gasteiger partial charge is 0.329 e. The fourth-order valence-corrected chi connectivity index (χ4v) is 11.0. The van der Waals surface area contributed by atoms with Crippen LogP contribution in [0.15, 0.2) is 66.2 Å². The van der Waals surface area contributed by atoms with Crippen LogP contribution in [0.2, 0.25) is 0 Å². The Morgan fingerprint density at radius 3 is 2.13 bits per heavy atom. The van der Waals surface area contributed by atoms with Gasteiger partial charge in [0.15, 0.2) is 29.6 Å². The van der Waals surface area contributed by atoms with Gasteiger partial charge in [-0.3, -0.25) is 9.59 Å². The first-order valence-electron chi connectivity index (χ1n) is 26.3. The van der Waals surface area contributed by atoms with E-state index in [0.29, 0.717) is 78.8 Å². The van der Waals surface area contributed by atoms with Crippen molar-refractivity contribution in [3.63, 3.8) is 0 Å². The number of likely N-dealkylation sites (tertiary alicyclic amines) is 1. The van der Waals surface area contributed by atoms with Crippen LogP contribution in [0.25, 0.3) is 0 Å². The van der Waals surface area contributed by atoms with Crippen LogP contribution >= 0.6 is 0 Å². The number of hydrogen-bond acceptors (Lipinski definition) is 10. The molecule has 0 spiro atoms. The summed E-state index contributed by atoms with van der Waals surface area (Å²) in [4.78, 5) is 43.5. The molecule has 2 amide bonds. The van der Waals surface area contributed by atoms with Crippen LogP contribution < -0.4 is 33.7 Å². The van der Waals surface area contributed by atoms with Gasteiger partial charge in [-0.25, -0.2) is 4.79 Å². The third kappa shape index (κ3) is 15.1. The molecule has 1 saturated carbocycles. The Morgan fingerprint density at radius 1 is 0.729 bits per heavy atom. The highest BCUT2D eigenvalue weighted by Gasteiger charge is 2.47. The third-order valence-corrected chi connectivity index (χ3v) is 15.0. The SMILES string of the molecule is CC[C@H](C(=O)N1CCCC[C@H]1C(=O)O[C@H](CCc1ccc(OC)c(OC)c1)c1cccc(OCC(=O)NCCCCCCCCCC[C@H]2[C@H]3CC/C=C(/C)CC[C@H]32)c1)c1cc(OC)c(OC)c(OC)c1. The number of ether oxygens (including phenoxy) is 7. The van der Waals surface area contributed by atoms with Gasteiger partial charge >= 0.3 is 5.97 Å². The van der Waals surface area contributed by atoms with Gasteiger partial charge in [-0.1, -0.05) is 81.7 Å². The number of piperidine rings is 1. The first kappa shape index (κ1) is 54.0. The third-order valence-electron chi connectivity index (χ3n) is 15.0. The zero-order valence-electron chi connectivity index (χ0n) is 43.3. The molecule has 0 aromatic heterocycles. The lowest BCUT2D eigenvalue weighted by Gasteiger charge is -2.37. The monoisotopic (exact) mass is 967 g/mol. The summed E-state index contributed by atoms with van der Waals surface area (Å²) in [7, 11) is 7.83. The van der Waals surface area contributed by atoms with Crippen LogP contribution in [0.3, 0.4) is 0 Å². The highest BCUT2D eigenvalue weighted by atomic mass is 16.5. The molecule has 1 saturated heterocycles. The van der Waals surface area contributed by atoms with Gasteiger partial charge in [0.25, 0.3) is 5.91 Å². The van der Waals surface area contributed by atoms with Crippen molar-refractivity contribution in [2.45, 2.75) is 154 Å². The molecule has 1 aliphatic heterocycles. The molecule has 0 bridgehead atoms. The molecule has 1 N–H and O–H groups in total. The molecule has 12 nitrogen and oxygen atoms in total. The van der Waals surface area contributed by atoms with E-state index >= 15 is 0 Å². The summed E-state index contributed by atoms with van der Waals surface area (Å²) < 4.78 is 40.3. The molecule has 1 heterocycles. The van der Waals surface area contributed by atoms with E-state index in [1.54, 1.807) is 64.2 Å². The highest BCUT2D eigenvalue weighted by molar-refractivity contribution is 5.89. The predicted molar refractivity (Wildman–Crippen MR) is 274 cm³/mol. The molecule has 2 fully saturated rings. The van der Waals surface area contributed by atoms with Gasteiger partial charge < -0.3 is 43.4 Å². The van der Waals surface area contributed by atoms with Gasteiger partial charge in [0.05, 0.1) is 41.5 Å². The second-order valence-corrected chi connectivity index (χ2v) is 19.6. The molecule has 0 unspecified atom stereocenters. The van der Waals surface area contributed by atoms with Crippen LogP contribution in [-0.4, -0.2) is 84.0 Å². The van der Waals surface area contributed by atoms with Gasteiger partial charge in [-0.05, 0) is 155 Å². The average Bonchev–Trinajstić information content (AvgIpc) is 4.05. The Balaban J connectivity index is 1.00. The first-order chi connectivity index (χ1) is 34.1. The van der Waals surface area contributed by atoms with E-state index in [0.717, 1.165) is 54.6 Å². The van der Waals surface area contributed by atoms with Crippen LogP contribution in [0.1, 0.15) is 158 Å². The Bertz CT molecular complexity index is 2150. The van der Waals surface area contributed by atoms with E-state index in [1.165, 1.54) is 70.6 Å². The average molecular weight is 967 g/mol. The molecule has 3 aliphatic rings. The van der Waals surface area contributed by atoms with Gasteiger partial charge in [-0.2, -0.15) is 0 Å². The summed E-state index contributed by atoms with van der Waals surface area (Å²) in [5.41, 5.74) is 4.01. The van der Waals surface area contributed by atoms with Crippen molar-refractivity contribution in [2.75, 3.05) is 55.2 Å². The van der Waals surface area contributed by atoms with Crippen molar-refractivity contribution in [2.24, 2.45) is 17.8 Å². The van der Waals surface area contributed by atoms with Gasteiger partial charge in [0.2, 0.25) is 11.7 Å². The predicted octanol–water partition coefficient (Wildman–Crippen LogP) is 11.9. The number of carbonyl (C=O) groups is 3. The molecular weight excluding hydrogens is 885 g/mol. The minimum atomic E-state index is -0.771. The zero-order valence-corrected chi connectivity index (χ0v) is 43.3. The fourth-order valence-electron chi connectivity index (χ4n) is 11.0. The quantitative estimate of drug-likeness (QED) is 0.0426. The fraction of sp³-hybridized carbons (Fsp3) is 0.603. The van der Waals surface area contributed by atoms with Crippen molar-refractivity contribution in [3.05, 3.63) is 82.9 Å². The number of nitrogens with one attached hydrogen (secondary N) is 1. The molecule has 12 heteroatoms. The Morgan fingerprint density at radius 2 is 1.43 bits per heavy atom. The molecule has 6 rings (SSSR count). The lowest BCUT2D eigenvalue weighted by Crippen LogP contribution is -2.50. The summed E-state index contributed by atoms with van der Waals surface area (Å²) in [6.07, 6.45) is 22.1. The van der Waals surface area contributed by atoms with Crippen molar-refractivity contribution >= 4 is 17.8 Å². The molecule has 3 aromatic carbocycles. The first-order valence-corrected chi connectivity index (χ1v) is 26.3. The van der Waals surface area contributed by atoms with E-state index in [2.05, 4.69) is 18.3 Å². The lowest BCUT2D eigenvalue weighted by molar-refractivity contribution is -0.162. The van der Waals surface area contributed by atoms with Gasteiger partial charge in [0, 0.05) is 13.1 Å². The normalized spacial score (nSPS) is 20.3. The van der Waals surface area contributed by atoms with Crippen LogP contribution in [0.5, 0.6) is 34.5 Å². The second-order valence-electron chi connectivity index (χ2n) is 19.6. The number of carbonyl (C=O) groups excluding carboxylic acids is 3. The molecule has 2 aliphatic carbocycles. The number of unbranched alkanes of at least 4 members (excludes halogenated alkanes) is 7. The number of aryl methyl sites for hydroxylation is 1. The van der Waals surface area contributed by atoms with Crippen LogP contribution in [0.4, 0.5) is 0 Å². The number of nitrogens with zero attached hydrogens (tertiary/aromatic N) is 1. The molecule has 384 valence electrons. The number of methoxy groups -OCH3 is 5. The zero-order chi connectivity index (χ0) is 49.8. The highest BCUT2D eigenvalue weighted by Crippen LogP contribution is 2.55. The number of amides is 2. The maximum absolute atomic E-state index is 14.5. The number of benzene rings is 3. The van der Waals surface area contributed by atoms with Crippen molar-refractivity contribution in [1.29, 1.82) is 0 Å². The van der Waals surface area contributed by atoms with Crippen molar-refractivity contribution in [3.8, 4) is 34.5 Å². The standard InChI is InChI=1S/C58H82N2O10/c1-8-45(43-37-53(66-5)56(68-7)54(38-43)67-6)57(62)60-34-18-16-26-49(60)58(63)70-50(31-28-41-29-32-51(64-3)52(35-41)65-4)42-22-20-23-44(36-42)69-39-55(61)59-33-17-14-12-10-9-11-13-15-24-46-47-25-19-21-40(2)27-30-48(46)47/h20-23,29,32,35-38,45-50H,8-19,24-28,30-31,33-34,39H2,1-7H3,(H,59,61)/b40-21-/t45-,46-,47+,48-,49-,50+/m0/s1. The van der Waals surface area contributed by atoms with Crippen LogP contribution in [0, 0.1) is 17.8 Å². The van der Waals surface area contributed by atoms with E-state index in [4.69, 9.17) is 33.2 Å². The van der Waals surface area contributed by atoms with E-state index in [9.17, 15) is 14.4 Å². The van der Waals surface area contributed by atoms with Crippen molar-refractivity contribution in [1.82, 2.24) is 10.2 Å². The molecular formula is C58H82N2O10. The minimum Gasteiger partial charge on any atom is -0.493 e. The maximum Gasteiger partial charge on any atom is 0.329 e. The number of rotatable bonds is 28. The molecule has 70 heavy (non-hydrogen) atoms. The number of allylic oxidation sites excluding steroid dienone is 2. The summed E-state index contributed by atoms with van der Waals surface area (Å²) in [5, 5.41) is 3.02. The van der Waals surface area contributed by atoms with E-state index in [-0.39, 0.29) is 18.4 Å². The lowest BCUT2D eigenvalue weighted by atomic mass is 9.91. The van der Waals surface area contributed by atoms with Gasteiger partial charge in [-0.15, -0.1) is 0 Å². The Labute approximate surface area is 418 Å². The van der Waals surface area contributed by atoms with Crippen LogP contribution in [-0.2, 0) is 25.5 Å². The second kappa shape index (κ2) is 27.9. The van der Waals surface area contributed by atoms with E-state index < -0.39 is 24.0 Å². The molecule has 3 aromatic rings. The summed E-state index contributed by atoms with van der Waals surface area (Å²) in [6.45, 7) is 5.19. The maximum atomic E-state index is 14.5. The minimum absolute atomic E-state index is 0.123. The number of hydrogen-bond donors (Lipinski definition) is 1. The number of fused-ring (bicyclic) bond motifs is 1. The summed E-state index contributed by atoms with van der Waals surface area (Å²) >= 11 is 0. The topological polar surface area (TPSA) is 131 Å². The van der Waals surface area contributed by atoms with Crippen molar-refractivity contribution < 1.29 is 47.5 Å². The summed E-state index contributed by atoms with van der Waals surface area (Å²) in [5.74, 6) is 4.76. The largest absolute Gasteiger partial charge is 0.493 e. The Kier molecular flexibility index (Phi) is 21.5. The molecule has 0 radical (unpaired) electrons. The van der Waals surface area contributed by atoms with E-state index in [1.807, 2.05) is 43.3 Å². The van der Waals surface area contributed by atoms with Gasteiger partial charge in [0.1, 0.15) is 17.9 Å². The Hall–Kier alpha value is -5.39. The molecule has 6 atom stereocenters. The summed E-state index contributed by atoms with van der Waals surface area (Å²) in [6, 6.07) is 16.0. The number of esters is 1.